The van der Waals surface area contributed by atoms with Crippen LogP contribution in [0.5, 0.6) is 0 Å². The van der Waals surface area contributed by atoms with Crippen molar-refractivity contribution in [2.75, 3.05) is 51.6 Å². The van der Waals surface area contributed by atoms with Crippen molar-refractivity contribution in [3.8, 4) is 0 Å². The van der Waals surface area contributed by atoms with Crippen molar-refractivity contribution in [2.45, 2.75) is 19.4 Å². The van der Waals surface area contributed by atoms with Gasteiger partial charge in [0.1, 0.15) is 0 Å². The van der Waals surface area contributed by atoms with Crippen molar-refractivity contribution in [3.05, 3.63) is 77.9 Å². The van der Waals surface area contributed by atoms with Gasteiger partial charge in [0.15, 0.2) is 0 Å². The molecule has 0 aliphatic carbocycles. The van der Waals surface area contributed by atoms with Gasteiger partial charge in [0.25, 0.3) is 5.91 Å². The van der Waals surface area contributed by atoms with Gasteiger partial charge >= 0.3 is 0 Å². The number of fused-ring (bicyclic) bond motifs is 1. The highest BCUT2D eigenvalue weighted by Crippen LogP contribution is 2.25. The Morgan fingerprint density at radius 1 is 0.914 bits per heavy atom. The average Bonchev–Trinajstić information content (AvgIpc) is 2.89. The van der Waals surface area contributed by atoms with E-state index in [1.807, 2.05) is 59.5 Å². The second kappa shape index (κ2) is 10.6. The number of rotatable bonds is 5. The normalized spacial score (nSPS) is 19.6. The molecule has 2 amide bonds. The number of benzene rings is 3. The Bertz CT molecular complexity index is 1200. The lowest BCUT2D eigenvalue weighted by molar-refractivity contribution is -0.121. The average molecular weight is 471 g/mol. The highest BCUT2D eigenvalue weighted by molar-refractivity contribution is 6.07. The first-order valence-electron chi connectivity index (χ1n) is 12.6. The summed E-state index contributed by atoms with van der Waals surface area (Å²) in [4.78, 5) is 33.2. The second-order valence-electron chi connectivity index (χ2n) is 9.89. The molecule has 2 saturated heterocycles. The number of carbonyl (C=O) groups excluding carboxylic acids is 2. The summed E-state index contributed by atoms with van der Waals surface area (Å²) in [6.07, 6.45) is 1.63. The maximum Gasteiger partial charge on any atom is 0.254 e. The Labute approximate surface area is 207 Å². The Balaban J connectivity index is 1.22. The van der Waals surface area contributed by atoms with Crippen LogP contribution in [-0.4, -0.2) is 72.8 Å². The molecular weight excluding hydrogens is 436 g/mol. The van der Waals surface area contributed by atoms with Gasteiger partial charge in [-0.2, -0.15) is 0 Å². The van der Waals surface area contributed by atoms with E-state index < -0.39 is 0 Å². The Hall–Kier alpha value is -3.22. The van der Waals surface area contributed by atoms with Crippen LogP contribution in [0.3, 0.4) is 0 Å². The van der Waals surface area contributed by atoms with E-state index in [4.69, 9.17) is 0 Å². The van der Waals surface area contributed by atoms with Crippen LogP contribution in [0, 0.1) is 5.92 Å². The number of nitrogens with zero attached hydrogens (tertiary/aromatic N) is 3. The quantitative estimate of drug-likeness (QED) is 0.611. The summed E-state index contributed by atoms with van der Waals surface area (Å²) >= 11 is 0. The van der Waals surface area contributed by atoms with Gasteiger partial charge in [-0.1, -0.05) is 48.5 Å². The van der Waals surface area contributed by atoms with Crippen LogP contribution in [0.4, 0.5) is 5.69 Å². The summed E-state index contributed by atoms with van der Waals surface area (Å²) in [5.74, 6) is -0.199. The highest BCUT2D eigenvalue weighted by Gasteiger charge is 2.29. The fraction of sp³-hybridized carbons (Fsp3) is 0.379. The van der Waals surface area contributed by atoms with E-state index in [1.54, 1.807) is 0 Å². The topological polar surface area (TPSA) is 55.9 Å². The molecule has 1 unspecified atom stereocenters. The molecule has 2 fully saturated rings. The molecule has 35 heavy (non-hydrogen) atoms. The maximum absolute atomic E-state index is 13.4. The number of hydrogen-bond acceptors (Lipinski definition) is 4. The minimum atomic E-state index is -0.205. The number of nitrogens with one attached hydrogen (secondary N) is 1. The number of piperazine rings is 1. The standard InChI is InChI=1S/C29H34N4O2/c1-31-15-17-32(18-16-31)20-22-7-4-11-25(19-22)30-28(34)24-10-6-14-33(21-24)29(35)27-13-5-9-23-8-2-3-12-26(23)27/h2-5,7-9,11-13,19,24H,6,10,14-18,20-21H2,1H3,(H,30,34). The summed E-state index contributed by atoms with van der Waals surface area (Å²) in [6, 6.07) is 22.0. The van der Waals surface area contributed by atoms with Crippen molar-refractivity contribution < 1.29 is 9.59 Å². The molecule has 1 N–H and O–H groups in total. The monoisotopic (exact) mass is 470 g/mol. The van der Waals surface area contributed by atoms with Crippen LogP contribution in [0.1, 0.15) is 28.8 Å². The molecule has 0 aromatic heterocycles. The van der Waals surface area contributed by atoms with Crippen LogP contribution in [0.2, 0.25) is 0 Å². The summed E-state index contributed by atoms with van der Waals surface area (Å²) in [7, 11) is 2.16. The molecule has 0 radical (unpaired) electrons. The van der Waals surface area contributed by atoms with Crippen LogP contribution in [-0.2, 0) is 11.3 Å². The smallest absolute Gasteiger partial charge is 0.254 e. The zero-order valence-corrected chi connectivity index (χ0v) is 20.5. The fourth-order valence-corrected chi connectivity index (χ4v) is 5.21. The minimum Gasteiger partial charge on any atom is -0.338 e. The number of amides is 2. The molecule has 0 saturated carbocycles. The number of anilines is 1. The number of likely N-dealkylation sites (tertiary alicyclic amines) is 1. The Kier molecular flexibility index (Phi) is 7.11. The van der Waals surface area contributed by atoms with Gasteiger partial charge in [0.05, 0.1) is 5.92 Å². The third-order valence-electron chi connectivity index (χ3n) is 7.30. The van der Waals surface area contributed by atoms with E-state index in [2.05, 4.69) is 34.3 Å². The van der Waals surface area contributed by atoms with Gasteiger partial charge in [-0.15, -0.1) is 0 Å². The first-order valence-corrected chi connectivity index (χ1v) is 12.6. The van der Waals surface area contributed by atoms with Crippen LogP contribution in [0.25, 0.3) is 10.8 Å². The van der Waals surface area contributed by atoms with Gasteiger partial charge in [0, 0.05) is 57.1 Å². The van der Waals surface area contributed by atoms with Crippen molar-refractivity contribution in [1.29, 1.82) is 0 Å². The molecule has 2 heterocycles. The molecule has 6 nitrogen and oxygen atoms in total. The third kappa shape index (κ3) is 5.55. The molecule has 2 aliphatic rings. The lowest BCUT2D eigenvalue weighted by Crippen LogP contribution is -2.44. The first kappa shape index (κ1) is 23.5. The third-order valence-corrected chi connectivity index (χ3v) is 7.30. The zero-order chi connectivity index (χ0) is 24.2. The Morgan fingerprint density at radius 3 is 2.54 bits per heavy atom. The lowest BCUT2D eigenvalue weighted by atomic mass is 9.95. The van der Waals surface area contributed by atoms with Crippen molar-refractivity contribution in [2.24, 2.45) is 5.92 Å². The molecule has 6 heteroatoms. The van der Waals surface area contributed by atoms with Crippen molar-refractivity contribution in [3.63, 3.8) is 0 Å². The predicted octanol–water partition coefficient (Wildman–Crippen LogP) is 4.08. The molecule has 3 aromatic rings. The fourth-order valence-electron chi connectivity index (χ4n) is 5.21. The molecule has 1 atom stereocenters. The van der Waals surface area contributed by atoms with Gasteiger partial charge in [-0.25, -0.2) is 0 Å². The van der Waals surface area contributed by atoms with Gasteiger partial charge in [-0.05, 0) is 54.4 Å². The summed E-state index contributed by atoms with van der Waals surface area (Å²) in [6.45, 7) is 6.35. The largest absolute Gasteiger partial charge is 0.338 e. The van der Waals surface area contributed by atoms with E-state index in [0.29, 0.717) is 18.7 Å². The SMILES string of the molecule is CN1CCN(Cc2cccc(NC(=O)C3CCCN(C(=O)c4cccc5ccccc45)C3)c2)CC1. The predicted molar refractivity (Wildman–Crippen MR) is 140 cm³/mol. The lowest BCUT2D eigenvalue weighted by Gasteiger charge is -2.33. The molecular formula is C29H34N4O2. The van der Waals surface area contributed by atoms with E-state index in [1.165, 1.54) is 5.56 Å². The van der Waals surface area contributed by atoms with E-state index in [-0.39, 0.29) is 17.7 Å². The molecule has 182 valence electrons. The van der Waals surface area contributed by atoms with Crippen LogP contribution in [0.15, 0.2) is 66.7 Å². The second-order valence-corrected chi connectivity index (χ2v) is 9.89. The zero-order valence-electron chi connectivity index (χ0n) is 20.5. The molecule has 3 aromatic carbocycles. The van der Waals surface area contributed by atoms with E-state index in [0.717, 1.165) is 62.0 Å². The molecule has 0 spiro atoms. The molecule has 2 aliphatic heterocycles. The van der Waals surface area contributed by atoms with Crippen molar-refractivity contribution in [1.82, 2.24) is 14.7 Å². The molecule has 5 rings (SSSR count). The van der Waals surface area contributed by atoms with Crippen LogP contribution < -0.4 is 5.32 Å². The maximum atomic E-state index is 13.4. The van der Waals surface area contributed by atoms with Crippen LogP contribution >= 0.6 is 0 Å². The number of hydrogen-bond donors (Lipinski definition) is 1. The summed E-state index contributed by atoms with van der Waals surface area (Å²) in [5.41, 5.74) is 2.75. The molecule has 0 bridgehead atoms. The number of piperidine rings is 1. The van der Waals surface area contributed by atoms with Gasteiger partial charge < -0.3 is 15.1 Å². The van der Waals surface area contributed by atoms with Gasteiger partial charge in [-0.3, -0.25) is 14.5 Å². The first-order chi connectivity index (χ1) is 17.1. The van der Waals surface area contributed by atoms with E-state index in [9.17, 15) is 9.59 Å². The van der Waals surface area contributed by atoms with E-state index >= 15 is 0 Å². The summed E-state index contributed by atoms with van der Waals surface area (Å²) in [5, 5.41) is 5.14. The van der Waals surface area contributed by atoms with Gasteiger partial charge in [0.2, 0.25) is 5.91 Å². The highest BCUT2D eigenvalue weighted by atomic mass is 16.2. The number of likely N-dealkylation sites (N-methyl/N-ethyl adjacent to an activating group) is 1. The summed E-state index contributed by atoms with van der Waals surface area (Å²) < 4.78 is 0. The Morgan fingerprint density at radius 2 is 1.69 bits per heavy atom. The number of carbonyl (C=O) groups is 2. The minimum absolute atomic E-state index is 0.00262. The van der Waals surface area contributed by atoms with Crippen molar-refractivity contribution >= 4 is 28.3 Å².